The highest BCUT2D eigenvalue weighted by Crippen LogP contribution is 2.28. The predicted octanol–water partition coefficient (Wildman–Crippen LogP) is 2.09. The number of nitrogens with zero attached hydrogens (tertiary/aromatic N) is 1. The maximum atomic E-state index is 14.5. The van der Waals surface area contributed by atoms with Crippen LogP contribution in [0.25, 0.3) is 5.57 Å². The number of carbonyl (C=O) groups is 2. The molecule has 136 valence electrons. The molecule has 0 aliphatic carbocycles. The van der Waals surface area contributed by atoms with Crippen molar-refractivity contribution in [2.24, 2.45) is 0 Å². The van der Waals surface area contributed by atoms with Crippen LogP contribution in [0.15, 0.2) is 24.3 Å². The van der Waals surface area contributed by atoms with E-state index in [1.807, 2.05) is 6.08 Å². The van der Waals surface area contributed by atoms with E-state index in [2.05, 4.69) is 10.6 Å². The minimum absolute atomic E-state index is 0. The summed E-state index contributed by atoms with van der Waals surface area (Å²) in [6.07, 6.45) is 1.80. The Hall–Kier alpha value is -2.12. The summed E-state index contributed by atoms with van der Waals surface area (Å²) in [5.74, 6) is -0.533. The maximum Gasteiger partial charge on any atom is 0.414 e. The Labute approximate surface area is 151 Å². The molecule has 2 amide bonds. The monoisotopic (exact) mass is 369 g/mol. The van der Waals surface area contributed by atoms with Crippen molar-refractivity contribution in [2.75, 3.05) is 31.1 Å². The van der Waals surface area contributed by atoms with Crippen molar-refractivity contribution in [3.8, 4) is 0 Å². The molecular weight excluding hydrogens is 349 g/mol. The lowest BCUT2D eigenvalue weighted by atomic mass is 9.99. The van der Waals surface area contributed by atoms with Crippen LogP contribution in [0, 0.1) is 5.82 Å². The lowest BCUT2D eigenvalue weighted by Gasteiger charge is -2.17. The Kier molecular flexibility index (Phi) is 6.39. The molecule has 2 heterocycles. The molecule has 1 atom stereocenters. The van der Waals surface area contributed by atoms with Crippen molar-refractivity contribution in [3.05, 3.63) is 35.7 Å². The first-order valence-electron chi connectivity index (χ1n) is 7.97. The summed E-state index contributed by atoms with van der Waals surface area (Å²) >= 11 is 0. The first kappa shape index (κ1) is 19.2. The zero-order valence-corrected chi connectivity index (χ0v) is 14.7. The number of halogens is 2. The van der Waals surface area contributed by atoms with E-state index < -0.39 is 12.2 Å². The number of hydrogen-bond donors (Lipinski definition) is 2. The van der Waals surface area contributed by atoms with Crippen LogP contribution >= 0.6 is 12.4 Å². The highest BCUT2D eigenvalue weighted by molar-refractivity contribution is 5.90. The first-order valence-corrected chi connectivity index (χ1v) is 7.97. The number of amides is 2. The standard InChI is InChI=1S/C17H20FN3O3.ClH/c1-11(22)20-9-14-10-21(17(23)24-14)13-2-3-15(16(18)8-13)12-4-6-19-7-5-12;/h2-4,8,14,19H,5-7,9-10H2,1H3,(H,20,22);1H/t14-;/m0./s1. The van der Waals surface area contributed by atoms with Gasteiger partial charge in [-0.1, -0.05) is 6.08 Å². The molecule has 0 bridgehead atoms. The molecule has 1 aromatic carbocycles. The van der Waals surface area contributed by atoms with Crippen LogP contribution < -0.4 is 15.5 Å². The van der Waals surface area contributed by atoms with Gasteiger partial charge < -0.3 is 15.4 Å². The van der Waals surface area contributed by atoms with Gasteiger partial charge in [0, 0.05) is 19.0 Å². The molecule has 25 heavy (non-hydrogen) atoms. The van der Waals surface area contributed by atoms with E-state index in [-0.39, 0.29) is 37.2 Å². The molecule has 0 unspecified atom stereocenters. The Morgan fingerprint density at radius 1 is 1.48 bits per heavy atom. The van der Waals surface area contributed by atoms with E-state index in [9.17, 15) is 14.0 Å². The number of nitrogens with one attached hydrogen (secondary N) is 2. The Bertz CT molecular complexity index is 696. The molecule has 3 rings (SSSR count). The first-order chi connectivity index (χ1) is 11.5. The lowest BCUT2D eigenvalue weighted by Crippen LogP contribution is -2.33. The van der Waals surface area contributed by atoms with E-state index in [0.29, 0.717) is 11.3 Å². The van der Waals surface area contributed by atoms with Crippen LogP contribution in [-0.2, 0) is 9.53 Å². The smallest absolute Gasteiger partial charge is 0.414 e. The van der Waals surface area contributed by atoms with E-state index in [1.54, 1.807) is 12.1 Å². The van der Waals surface area contributed by atoms with Gasteiger partial charge in [0.2, 0.25) is 5.91 Å². The van der Waals surface area contributed by atoms with Crippen LogP contribution in [0.1, 0.15) is 18.9 Å². The SMILES string of the molecule is CC(=O)NC[C@H]1CN(c2ccc(C3=CCNCC3)c(F)c2)C(=O)O1.Cl. The maximum absolute atomic E-state index is 14.5. The third-order valence-corrected chi connectivity index (χ3v) is 4.13. The Morgan fingerprint density at radius 3 is 2.92 bits per heavy atom. The minimum atomic E-state index is -0.529. The summed E-state index contributed by atoms with van der Waals surface area (Å²) in [6, 6.07) is 4.79. The summed E-state index contributed by atoms with van der Waals surface area (Å²) in [7, 11) is 0. The molecule has 8 heteroatoms. The third kappa shape index (κ3) is 4.49. The molecule has 2 N–H and O–H groups in total. The molecule has 0 saturated carbocycles. The summed E-state index contributed by atoms with van der Waals surface area (Å²) in [5.41, 5.74) is 2.01. The van der Waals surface area contributed by atoms with Crippen LogP contribution in [0.5, 0.6) is 0 Å². The zero-order valence-electron chi connectivity index (χ0n) is 13.9. The molecule has 2 aliphatic heterocycles. The van der Waals surface area contributed by atoms with E-state index in [4.69, 9.17) is 4.74 Å². The molecule has 2 aliphatic rings. The van der Waals surface area contributed by atoms with Crippen molar-refractivity contribution < 1.29 is 18.7 Å². The third-order valence-electron chi connectivity index (χ3n) is 4.13. The van der Waals surface area contributed by atoms with Crippen molar-refractivity contribution in [1.82, 2.24) is 10.6 Å². The second-order valence-electron chi connectivity index (χ2n) is 5.90. The van der Waals surface area contributed by atoms with Gasteiger partial charge in [0.1, 0.15) is 11.9 Å². The van der Waals surface area contributed by atoms with Crippen LogP contribution in [0.2, 0.25) is 0 Å². The molecule has 1 aromatic rings. The second-order valence-corrected chi connectivity index (χ2v) is 5.90. The van der Waals surface area contributed by atoms with Crippen molar-refractivity contribution in [2.45, 2.75) is 19.4 Å². The second kappa shape index (κ2) is 8.31. The number of anilines is 1. The summed E-state index contributed by atoms with van der Waals surface area (Å²) in [4.78, 5) is 24.3. The topological polar surface area (TPSA) is 70.7 Å². The molecule has 1 fully saturated rings. The number of ether oxygens (including phenoxy) is 1. The zero-order chi connectivity index (χ0) is 17.1. The van der Waals surface area contributed by atoms with E-state index in [1.165, 1.54) is 17.9 Å². The molecular formula is C17H21ClFN3O3. The van der Waals surface area contributed by atoms with Gasteiger partial charge in [0.15, 0.2) is 0 Å². The van der Waals surface area contributed by atoms with Gasteiger partial charge in [-0.2, -0.15) is 0 Å². The largest absolute Gasteiger partial charge is 0.442 e. The van der Waals surface area contributed by atoms with Gasteiger partial charge in [-0.3, -0.25) is 9.69 Å². The quantitative estimate of drug-likeness (QED) is 0.852. The summed E-state index contributed by atoms with van der Waals surface area (Å²) < 4.78 is 19.7. The van der Waals surface area contributed by atoms with Gasteiger partial charge in [-0.05, 0) is 36.7 Å². The molecule has 1 saturated heterocycles. The average Bonchev–Trinajstić information content (AvgIpc) is 2.94. The number of rotatable bonds is 4. The summed E-state index contributed by atoms with van der Waals surface area (Å²) in [5, 5.41) is 5.81. The predicted molar refractivity (Wildman–Crippen MR) is 95.4 cm³/mol. The van der Waals surface area contributed by atoms with Crippen LogP contribution in [0.4, 0.5) is 14.9 Å². The van der Waals surface area contributed by atoms with Crippen LogP contribution in [-0.4, -0.2) is 44.3 Å². The van der Waals surface area contributed by atoms with Crippen molar-refractivity contribution in [1.29, 1.82) is 0 Å². The number of hydrogen-bond acceptors (Lipinski definition) is 4. The Morgan fingerprint density at radius 2 is 2.28 bits per heavy atom. The average molecular weight is 370 g/mol. The molecule has 0 spiro atoms. The fraction of sp³-hybridized carbons (Fsp3) is 0.412. The van der Waals surface area contributed by atoms with Gasteiger partial charge in [0.25, 0.3) is 0 Å². The molecule has 0 radical (unpaired) electrons. The van der Waals surface area contributed by atoms with Gasteiger partial charge >= 0.3 is 6.09 Å². The number of benzene rings is 1. The van der Waals surface area contributed by atoms with Gasteiger partial charge in [-0.25, -0.2) is 9.18 Å². The summed E-state index contributed by atoms with van der Waals surface area (Å²) in [6.45, 7) is 3.50. The van der Waals surface area contributed by atoms with E-state index in [0.717, 1.165) is 25.1 Å². The minimum Gasteiger partial charge on any atom is -0.442 e. The van der Waals surface area contributed by atoms with Gasteiger partial charge in [0.05, 0.1) is 18.8 Å². The highest BCUT2D eigenvalue weighted by Gasteiger charge is 2.32. The Balaban J connectivity index is 0.00000225. The number of cyclic esters (lactones) is 1. The molecule has 0 aromatic heterocycles. The fourth-order valence-corrected chi connectivity index (χ4v) is 2.90. The van der Waals surface area contributed by atoms with Crippen molar-refractivity contribution in [3.63, 3.8) is 0 Å². The van der Waals surface area contributed by atoms with E-state index >= 15 is 0 Å². The lowest BCUT2D eigenvalue weighted by molar-refractivity contribution is -0.119. The number of carbonyl (C=O) groups excluding carboxylic acids is 2. The van der Waals surface area contributed by atoms with Gasteiger partial charge in [-0.15, -0.1) is 12.4 Å². The van der Waals surface area contributed by atoms with Crippen molar-refractivity contribution >= 4 is 35.7 Å². The van der Waals surface area contributed by atoms with Crippen LogP contribution in [0.3, 0.4) is 0 Å². The normalized spacial score (nSPS) is 19.8. The fourth-order valence-electron chi connectivity index (χ4n) is 2.90. The molecule has 6 nitrogen and oxygen atoms in total. The highest BCUT2D eigenvalue weighted by atomic mass is 35.5.